The highest BCUT2D eigenvalue weighted by atomic mass is 32.2. The van der Waals surface area contributed by atoms with Gasteiger partial charge >= 0.3 is 0 Å². The van der Waals surface area contributed by atoms with Crippen molar-refractivity contribution in [2.24, 2.45) is 0 Å². The number of aryl methyl sites for hydroxylation is 1. The molecule has 5 rings (SSSR count). The summed E-state index contributed by atoms with van der Waals surface area (Å²) in [7, 11) is -3.04. The molecule has 0 bridgehead atoms. The summed E-state index contributed by atoms with van der Waals surface area (Å²) in [6.45, 7) is 3.01. The third-order valence-electron chi connectivity index (χ3n) is 6.55. The van der Waals surface area contributed by atoms with E-state index < -0.39 is 9.84 Å². The lowest BCUT2D eigenvalue weighted by molar-refractivity contribution is -0.118. The molecule has 32 heavy (non-hydrogen) atoms. The van der Waals surface area contributed by atoms with E-state index in [0.29, 0.717) is 12.2 Å². The standard InChI is InChI=1S/C23H29N5O3S/c1-16-12-22(28(26-16)18-9-11-32(30,31)15-18)25-23(29)14-27-10-5-4-8-21(27)20-13-17-6-2-3-7-19(17)24-20/h2-3,6-7,12-13,18,21,24H,4-5,8-11,14-15H2,1H3,(H,25,29). The van der Waals surface area contributed by atoms with E-state index >= 15 is 0 Å². The van der Waals surface area contributed by atoms with Crippen molar-refractivity contribution in [2.75, 3.05) is 29.9 Å². The van der Waals surface area contributed by atoms with Crippen LogP contribution in [0.4, 0.5) is 5.82 Å². The molecule has 0 radical (unpaired) electrons. The van der Waals surface area contributed by atoms with Crippen molar-refractivity contribution in [3.63, 3.8) is 0 Å². The predicted molar refractivity (Wildman–Crippen MR) is 124 cm³/mol. The molecule has 2 N–H and O–H groups in total. The molecule has 1 aromatic carbocycles. The predicted octanol–water partition coefficient (Wildman–Crippen LogP) is 3.20. The molecule has 0 saturated carbocycles. The normalized spacial score (nSPS) is 23.5. The molecular formula is C23H29N5O3S. The minimum Gasteiger partial charge on any atom is -0.357 e. The second-order valence-corrected chi connectivity index (χ2v) is 11.2. The molecule has 2 aliphatic heterocycles. The first-order valence-electron chi connectivity index (χ1n) is 11.3. The minimum atomic E-state index is -3.04. The van der Waals surface area contributed by atoms with E-state index in [9.17, 15) is 13.2 Å². The quantitative estimate of drug-likeness (QED) is 0.615. The number of aromatic amines is 1. The number of hydrogen-bond donors (Lipinski definition) is 2. The fourth-order valence-electron chi connectivity index (χ4n) is 5.03. The summed E-state index contributed by atoms with van der Waals surface area (Å²) in [4.78, 5) is 18.8. The van der Waals surface area contributed by atoms with Crippen LogP contribution in [0.15, 0.2) is 36.4 Å². The van der Waals surface area contributed by atoms with Crippen LogP contribution in [-0.4, -0.2) is 58.6 Å². The van der Waals surface area contributed by atoms with E-state index in [1.165, 1.54) is 5.39 Å². The molecule has 2 unspecified atom stereocenters. The number of rotatable bonds is 5. The van der Waals surface area contributed by atoms with Gasteiger partial charge in [-0.25, -0.2) is 13.1 Å². The van der Waals surface area contributed by atoms with Crippen LogP contribution in [0.5, 0.6) is 0 Å². The van der Waals surface area contributed by atoms with Crippen LogP contribution in [0.3, 0.4) is 0 Å². The van der Waals surface area contributed by atoms with Crippen LogP contribution in [0.2, 0.25) is 0 Å². The third kappa shape index (κ3) is 4.31. The molecule has 2 atom stereocenters. The van der Waals surface area contributed by atoms with E-state index in [4.69, 9.17) is 0 Å². The molecule has 9 heteroatoms. The number of amides is 1. The Bertz CT molecular complexity index is 1210. The molecule has 0 spiro atoms. The highest BCUT2D eigenvalue weighted by Gasteiger charge is 2.32. The Morgan fingerprint density at radius 1 is 1.22 bits per heavy atom. The lowest BCUT2D eigenvalue weighted by Crippen LogP contribution is -2.39. The van der Waals surface area contributed by atoms with Crippen LogP contribution >= 0.6 is 0 Å². The van der Waals surface area contributed by atoms with Gasteiger partial charge in [-0.3, -0.25) is 9.69 Å². The molecule has 4 heterocycles. The zero-order valence-corrected chi connectivity index (χ0v) is 19.1. The van der Waals surface area contributed by atoms with Crippen molar-refractivity contribution in [1.82, 2.24) is 19.7 Å². The van der Waals surface area contributed by atoms with Crippen LogP contribution in [0.1, 0.15) is 49.2 Å². The largest absolute Gasteiger partial charge is 0.357 e. The summed E-state index contributed by atoms with van der Waals surface area (Å²) in [6, 6.07) is 12.2. The average Bonchev–Trinajstić information content (AvgIpc) is 3.44. The van der Waals surface area contributed by atoms with Crippen LogP contribution in [0, 0.1) is 6.92 Å². The van der Waals surface area contributed by atoms with Gasteiger partial charge in [-0.05, 0) is 50.2 Å². The van der Waals surface area contributed by atoms with E-state index in [1.807, 2.05) is 25.1 Å². The van der Waals surface area contributed by atoms with Crippen LogP contribution in [0.25, 0.3) is 10.9 Å². The monoisotopic (exact) mass is 455 g/mol. The molecular weight excluding hydrogens is 426 g/mol. The SMILES string of the molecule is Cc1cc(NC(=O)CN2CCCCC2c2cc3ccccc3[nH]2)n(C2CCS(=O)(=O)C2)n1. The Morgan fingerprint density at radius 2 is 2.06 bits per heavy atom. The van der Waals surface area contributed by atoms with Gasteiger partial charge in [0.2, 0.25) is 5.91 Å². The molecule has 2 saturated heterocycles. The van der Waals surface area contributed by atoms with Gasteiger partial charge in [-0.2, -0.15) is 5.10 Å². The van der Waals surface area contributed by atoms with Crippen molar-refractivity contribution >= 4 is 32.5 Å². The van der Waals surface area contributed by atoms with Crippen molar-refractivity contribution in [2.45, 2.75) is 44.7 Å². The third-order valence-corrected chi connectivity index (χ3v) is 8.30. The van der Waals surface area contributed by atoms with Gasteiger partial charge in [0.25, 0.3) is 0 Å². The van der Waals surface area contributed by atoms with Gasteiger partial charge < -0.3 is 10.3 Å². The molecule has 1 amide bonds. The Hall–Kier alpha value is -2.65. The van der Waals surface area contributed by atoms with E-state index in [1.54, 1.807) is 4.68 Å². The number of benzene rings is 1. The summed E-state index contributed by atoms with van der Waals surface area (Å²) in [5.74, 6) is 0.721. The summed E-state index contributed by atoms with van der Waals surface area (Å²) in [5, 5.41) is 8.64. The number of nitrogens with one attached hydrogen (secondary N) is 2. The average molecular weight is 456 g/mol. The summed E-state index contributed by atoms with van der Waals surface area (Å²) >= 11 is 0. The number of carbonyl (C=O) groups excluding carboxylic acids is 1. The minimum absolute atomic E-state index is 0.0750. The first-order chi connectivity index (χ1) is 15.4. The second kappa shape index (κ2) is 8.37. The number of para-hydroxylation sites is 1. The van der Waals surface area contributed by atoms with Gasteiger partial charge in [0.1, 0.15) is 5.82 Å². The van der Waals surface area contributed by atoms with Gasteiger partial charge in [0.15, 0.2) is 9.84 Å². The van der Waals surface area contributed by atoms with Gasteiger partial charge in [-0.1, -0.05) is 24.6 Å². The van der Waals surface area contributed by atoms with Gasteiger partial charge in [0, 0.05) is 17.3 Å². The number of fused-ring (bicyclic) bond motifs is 1. The highest BCUT2D eigenvalue weighted by Crippen LogP contribution is 2.32. The molecule has 3 aromatic rings. The summed E-state index contributed by atoms with van der Waals surface area (Å²) in [5.41, 5.74) is 3.03. The van der Waals surface area contributed by atoms with Crippen molar-refractivity contribution in [1.29, 1.82) is 0 Å². The van der Waals surface area contributed by atoms with Gasteiger partial charge in [-0.15, -0.1) is 0 Å². The summed E-state index contributed by atoms with van der Waals surface area (Å²) < 4.78 is 25.5. The molecule has 8 nitrogen and oxygen atoms in total. The first kappa shape index (κ1) is 21.2. The van der Waals surface area contributed by atoms with E-state index in [-0.39, 0.29) is 36.0 Å². The smallest absolute Gasteiger partial charge is 0.239 e. The fourth-order valence-corrected chi connectivity index (χ4v) is 6.72. The number of sulfone groups is 1. The van der Waals surface area contributed by atoms with Gasteiger partial charge in [0.05, 0.1) is 35.8 Å². The summed E-state index contributed by atoms with van der Waals surface area (Å²) in [6.07, 6.45) is 3.75. The van der Waals surface area contributed by atoms with Crippen LogP contribution in [-0.2, 0) is 14.6 Å². The first-order valence-corrected chi connectivity index (χ1v) is 13.1. The number of nitrogens with zero attached hydrogens (tertiary/aromatic N) is 3. The Kier molecular flexibility index (Phi) is 5.54. The number of likely N-dealkylation sites (tertiary alicyclic amines) is 1. The van der Waals surface area contributed by atoms with E-state index in [2.05, 4.69) is 38.5 Å². The number of hydrogen-bond acceptors (Lipinski definition) is 5. The van der Waals surface area contributed by atoms with E-state index in [0.717, 1.165) is 42.7 Å². The number of carbonyl (C=O) groups is 1. The van der Waals surface area contributed by atoms with Crippen molar-refractivity contribution in [3.8, 4) is 0 Å². The maximum Gasteiger partial charge on any atom is 0.239 e. The topological polar surface area (TPSA) is 100 Å². The Morgan fingerprint density at radius 3 is 2.84 bits per heavy atom. The molecule has 0 aliphatic carbocycles. The Balaban J connectivity index is 1.31. The number of H-pyrrole nitrogens is 1. The number of piperidine rings is 1. The maximum absolute atomic E-state index is 13.0. The number of aromatic nitrogens is 3. The maximum atomic E-state index is 13.0. The molecule has 170 valence electrons. The lowest BCUT2D eigenvalue weighted by atomic mass is 9.99. The Labute approximate surface area is 187 Å². The zero-order chi connectivity index (χ0) is 22.3. The zero-order valence-electron chi connectivity index (χ0n) is 18.3. The van der Waals surface area contributed by atoms with Crippen LogP contribution < -0.4 is 5.32 Å². The highest BCUT2D eigenvalue weighted by molar-refractivity contribution is 7.91. The lowest BCUT2D eigenvalue weighted by Gasteiger charge is -2.34. The van der Waals surface area contributed by atoms with Crippen molar-refractivity contribution in [3.05, 3.63) is 47.8 Å². The fraction of sp³-hybridized carbons (Fsp3) is 0.478. The molecule has 2 fully saturated rings. The molecule has 2 aromatic heterocycles. The molecule has 2 aliphatic rings. The number of anilines is 1. The van der Waals surface area contributed by atoms with Crippen molar-refractivity contribution < 1.29 is 13.2 Å². The second-order valence-electron chi connectivity index (χ2n) is 9.01.